The van der Waals surface area contributed by atoms with Crippen LogP contribution in [0.2, 0.25) is 0 Å². The third-order valence-electron chi connectivity index (χ3n) is 3.51. The molecule has 2 rings (SSSR count). The summed E-state index contributed by atoms with van der Waals surface area (Å²) in [5.41, 5.74) is 0. The van der Waals surface area contributed by atoms with Crippen molar-refractivity contribution in [3.63, 3.8) is 0 Å². The van der Waals surface area contributed by atoms with E-state index in [0.29, 0.717) is 13.1 Å². The van der Waals surface area contributed by atoms with Crippen LogP contribution < -0.4 is 10.6 Å². The van der Waals surface area contributed by atoms with Crippen molar-refractivity contribution in [1.29, 1.82) is 0 Å². The molecule has 0 aromatic carbocycles. The first-order valence-electron chi connectivity index (χ1n) is 7.34. The number of likely N-dealkylation sites (tertiary alicyclic amines) is 1. The van der Waals surface area contributed by atoms with E-state index in [2.05, 4.69) is 15.7 Å². The lowest BCUT2D eigenvalue weighted by Gasteiger charge is -2.33. The van der Waals surface area contributed by atoms with E-state index in [1.54, 1.807) is 15.8 Å². The molecular weight excluding hydrogens is 270 g/mol. The fourth-order valence-corrected chi connectivity index (χ4v) is 2.60. The van der Waals surface area contributed by atoms with Gasteiger partial charge in [0.05, 0.1) is 6.54 Å². The zero-order valence-electron chi connectivity index (χ0n) is 12.6. The van der Waals surface area contributed by atoms with E-state index >= 15 is 0 Å². The molecule has 0 bridgehead atoms. The van der Waals surface area contributed by atoms with E-state index in [9.17, 15) is 9.59 Å². The van der Waals surface area contributed by atoms with Crippen molar-refractivity contribution in [2.24, 2.45) is 0 Å². The van der Waals surface area contributed by atoms with Crippen LogP contribution in [0, 0.1) is 0 Å². The smallest absolute Gasteiger partial charge is 0.317 e. The Kier molecular flexibility index (Phi) is 5.19. The van der Waals surface area contributed by atoms with E-state index < -0.39 is 0 Å². The number of nitrogens with one attached hydrogen (secondary N) is 2. The second-order valence-corrected chi connectivity index (χ2v) is 5.56. The highest BCUT2D eigenvalue weighted by molar-refractivity contribution is 5.75. The van der Waals surface area contributed by atoms with Gasteiger partial charge in [0.2, 0.25) is 5.91 Å². The summed E-state index contributed by atoms with van der Waals surface area (Å²) < 4.78 is 1.79. The molecule has 21 heavy (non-hydrogen) atoms. The van der Waals surface area contributed by atoms with Crippen LogP contribution in [-0.2, 0) is 11.3 Å². The van der Waals surface area contributed by atoms with E-state index in [1.807, 2.05) is 19.2 Å². The van der Waals surface area contributed by atoms with Gasteiger partial charge in [-0.25, -0.2) is 4.79 Å². The molecule has 1 saturated heterocycles. The molecule has 1 aliphatic rings. The molecule has 7 heteroatoms. The molecule has 0 unspecified atom stereocenters. The van der Waals surface area contributed by atoms with Gasteiger partial charge in [-0.05, 0) is 25.8 Å². The summed E-state index contributed by atoms with van der Waals surface area (Å²) >= 11 is 0. The van der Waals surface area contributed by atoms with E-state index in [1.165, 1.54) is 6.92 Å². The molecule has 2 N–H and O–H groups in total. The zero-order valence-corrected chi connectivity index (χ0v) is 12.6. The molecule has 0 radical (unpaired) electrons. The second kappa shape index (κ2) is 7.10. The molecule has 1 aromatic heterocycles. The summed E-state index contributed by atoms with van der Waals surface area (Å²) in [6.07, 6.45) is 5.42. The van der Waals surface area contributed by atoms with Gasteiger partial charge < -0.3 is 15.5 Å². The van der Waals surface area contributed by atoms with Crippen LogP contribution >= 0.6 is 0 Å². The lowest BCUT2D eigenvalue weighted by atomic mass is 10.1. The maximum absolute atomic E-state index is 12.2. The van der Waals surface area contributed by atoms with Crippen molar-refractivity contribution < 1.29 is 9.59 Å². The molecular formula is C14H23N5O2. The highest BCUT2D eigenvalue weighted by atomic mass is 16.2. The van der Waals surface area contributed by atoms with E-state index in [-0.39, 0.29) is 24.0 Å². The van der Waals surface area contributed by atoms with Gasteiger partial charge in [0.1, 0.15) is 0 Å². The second-order valence-electron chi connectivity index (χ2n) is 5.56. The summed E-state index contributed by atoms with van der Waals surface area (Å²) in [5, 5.41) is 9.98. The SMILES string of the molecule is CC(=O)N[C@@H]1CCCN(C(=O)N[C@@H](C)Cn2cccn2)C1. The normalized spacial score (nSPS) is 19.9. The number of piperidine rings is 1. The maximum Gasteiger partial charge on any atom is 0.317 e. The van der Waals surface area contributed by atoms with Crippen LogP contribution in [0.25, 0.3) is 0 Å². The molecule has 116 valence electrons. The van der Waals surface area contributed by atoms with Crippen molar-refractivity contribution >= 4 is 11.9 Å². The van der Waals surface area contributed by atoms with Crippen LogP contribution in [0.4, 0.5) is 4.79 Å². The summed E-state index contributed by atoms with van der Waals surface area (Å²) in [6, 6.07) is 1.84. The molecule has 7 nitrogen and oxygen atoms in total. The van der Waals surface area contributed by atoms with Crippen LogP contribution in [0.1, 0.15) is 26.7 Å². The van der Waals surface area contributed by atoms with Gasteiger partial charge in [-0.1, -0.05) is 0 Å². The Morgan fingerprint density at radius 3 is 2.95 bits per heavy atom. The Labute approximate surface area is 124 Å². The average Bonchev–Trinajstić information content (AvgIpc) is 2.90. The first-order chi connectivity index (χ1) is 10.0. The van der Waals surface area contributed by atoms with Gasteiger partial charge in [0.15, 0.2) is 0 Å². The lowest BCUT2D eigenvalue weighted by Crippen LogP contribution is -2.53. The Morgan fingerprint density at radius 1 is 1.48 bits per heavy atom. The van der Waals surface area contributed by atoms with Gasteiger partial charge in [-0.3, -0.25) is 9.48 Å². The standard InChI is InChI=1S/C14H23N5O2/c1-11(9-19-8-4-6-15-19)16-14(21)18-7-3-5-13(10-18)17-12(2)20/h4,6,8,11,13H,3,5,7,9-10H2,1-2H3,(H,16,21)(H,17,20)/t11-,13+/m0/s1. The molecule has 1 fully saturated rings. The topological polar surface area (TPSA) is 79.3 Å². The number of carbonyl (C=O) groups is 2. The van der Waals surface area contributed by atoms with Gasteiger partial charge in [0, 0.05) is 44.5 Å². The fraction of sp³-hybridized carbons (Fsp3) is 0.643. The van der Waals surface area contributed by atoms with Crippen molar-refractivity contribution in [2.45, 2.75) is 45.3 Å². The Balaban J connectivity index is 1.80. The lowest BCUT2D eigenvalue weighted by molar-refractivity contribution is -0.119. The number of amides is 3. The first-order valence-corrected chi connectivity index (χ1v) is 7.34. The molecule has 1 aromatic rings. The number of urea groups is 1. The van der Waals surface area contributed by atoms with Crippen LogP contribution in [0.15, 0.2) is 18.5 Å². The number of aromatic nitrogens is 2. The van der Waals surface area contributed by atoms with Gasteiger partial charge >= 0.3 is 6.03 Å². The van der Waals surface area contributed by atoms with E-state index in [0.717, 1.165) is 19.4 Å². The highest BCUT2D eigenvalue weighted by Gasteiger charge is 2.24. The Bertz CT molecular complexity index is 474. The number of carbonyl (C=O) groups excluding carboxylic acids is 2. The predicted molar refractivity (Wildman–Crippen MR) is 78.6 cm³/mol. The summed E-state index contributed by atoms with van der Waals surface area (Å²) in [4.78, 5) is 25.1. The van der Waals surface area contributed by atoms with E-state index in [4.69, 9.17) is 0 Å². The largest absolute Gasteiger partial charge is 0.352 e. The summed E-state index contributed by atoms with van der Waals surface area (Å²) in [7, 11) is 0. The quantitative estimate of drug-likeness (QED) is 0.852. The van der Waals surface area contributed by atoms with Gasteiger partial charge in [-0.2, -0.15) is 5.10 Å². The molecule has 2 atom stereocenters. The molecule has 0 aliphatic carbocycles. The summed E-state index contributed by atoms with van der Waals surface area (Å²) in [6.45, 7) is 5.40. The zero-order chi connectivity index (χ0) is 15.2. The Morgan fingerprint density at radius 2 is 2.29 bits per heavy atom. The molecule has 2 heterocycles. The highest BCUT2D eigenvalue weighted by Crippen LogP contribution is 2.10. The molecule has 3 amide bonds. The number of nitrogens with zero attached hydrogens (tertiary/aromatic N) is 3. The average molecular weight is 293 g/mol. The minimum atomic E-state index is -0.0790. The van der Waals surface area contributed by atoms with Crippen LogP contribution in [-0.4, -0.2) is 51.8 Å². The van der Waals surface area contributed by atoms with Crippen molar-refractivity contribution in [3.8, 4) is 0 Å². The van der Waals surface area contributed by atoms with Crippen LogP contribution in [0.5, 0.6) is 0 Å². The van der Waals surface area contributed by atoms with Gasteiger partial charge in [0.25, 0.3) is 0 Å². The minimum absolute atomic E-state index is 0.00135. The fourth-order valence-electron chi connectivity index (χ4n) is 2.60. The molecule has 1 aliphatic heterocycles. The summed E-state index contributed by atoms with van der Waals surface area (Å²) in [5.74, 6) is -0.0469. The first kappa shape index (κ1) is 15.3. The predicted octanol–water partition coefficient (Wildman–Crippen LogP) is 0.582. The van der Waals surface area contributed by atoms with Gasteiger partial charge in [-0.15, -0.1) is 0 Å². The molecule has 0 spiro atoms. The minimum Gasteiger partial charge on any atom is -0.352 e. The number of hydrogen-bond acceptors (Lipinski definition) is 3. The monoisotopic (exact) mass is 293 g/mol. The third kappa shape index (κ3) is 4.77. The maximum atomic E-state index is 12.2. The number of hydrogen-bond donors (Lipinski definition) is 2. The van der Waals surface area contributed by atoms with Crippen molar-refractivity contribution in [1.82, 2.24) is 25.3 Å². The molecule has 0 saturated carbocycles. The third-order valence-corrected chi connectivity index (χ3v) is 3.51. The van der Waals surface area contributed by atoms with Crippen molar-refractivity contribution in [3.05, 3.63) is 18.5 Å². The Hall–Kier alpha value is -2.05. The van der Waals surface area contributed by atoms with Crippen LogP contribution in [0.3, 0.4) is 0 Å². The number of rotatable bonds is 4. The van der Waals surface area contributed by atoms with Crippen molar-refractivity contribution in [2.75, 3.05) is 13.1 Å².